The fourth-order valence-corrected chi connectivity index (χ4v) is 3.81. The molecular weight excluding hydrogens is 366 g/mol. The number of fused-ring (bicyclic) bond motifs is 1. The van der Waals surface area contributed by atoms with Crippen molar-refractivity contribution in [3.63, 3.8) is 0 Å². The van der Waals surface area contributed by atoms with Gasteiger partial charge in [-0.15, -0.1) is 0 Å². The second kappa shape index (κ2) is 8.03. The molecule has 0 bridgehead atoms. The molecule has 0 radical (unpaired) electrons. The van der Waals surface area contributed by atoms with Crippen LogP contribution >= 0.6 is 0 Å². The Bertz CT molecular complexity index is 1070. The lowest BCUT2D eigenvalue weighted by atomic mass is 9.97. The number of anilines is 1. The lowest BCUT2D eigenvalue weighted by Gasteiger charge is -2.35. The molecule has 1 aliphatic heterocycles. The number of piperazine rings is 1. The summed E-state index contributed by atoms with van der Waals surface area (Å²) in [5, 5.41) is 0. The highest BCUT2D eigenvalue weighted by Gasteiger charge is 2.25. The van der Waals surface area contributed by atoms with Crippen LogP contribution in [0.1, 0.15) is 24.8 Å². The zero-order valence-corrected chi connectivity index (χ0v) is 16.8. The summed E-state index contributed by atoms with van der Waals surface area (Å²) < 4.78 is 1.54. The van der Waals surface area contributed by atoms with E-state index < -0.39 is 0 Å². The first-order chi connectivity index (χ1) is 14.0. The Morgan fingerprint density at radius 3 is 2.52 bits per heavy atom. The molecule has 4 rings (SSSR count). The van der Waals surface area contributed by atoms with Gasteiger partial charge in [0.05, 0.1) is 0 Å². The number of aromatic nitrogens is 3. The lowest BCUT2D eigenvalue weighted by Crippen LogP contribution is -2.50. The van der Waals surface area contributed by atoms with E-state index in [-0.39, 0.29) is 17.4 Å². The molecule has 150 valence electrons. The monoisotopic (exact) mass is 391 g/mol. The first kappa shape index (κ1) is 19.1. The van der Waals surface area contributed by atoms with Crippen molar-refractivity contribution in [2.75, 3.05) is 31.1 Å². The van der Waals surface area contributed by atoms with E-state index in [0.717, 1.165) is 0 Å². The molecule has 29 heavy (non-hydrogen) atoms. The zero-order chi connectivity index (χ0) is 20.4. The molecule has 1 atom stereocenters. The number of aryl methyl sites for hydroxylation is 1. The van der Waals surface area contributed by atoms with Gasteiger partial charge >= 0.3 is 0 Å². The van der Waals surface area contributed by atoms with Crippen LogP contribution in [0, 0.1) is 0 Å². The topological polar surface area (TPSA) is 71.3 Å². The second-order valence-electron chi connectivity index (χ2n) is 7.53. The molecule has 0 unspecified atom stereocenters. The molecule has 0 aliphatic carbocycles. The van der Waals surface area contributed by atoms with Crippen LogP contribution in [-0.4, -0.2) is 51.5 Å². The predicted octanol–water partition coefficient (Wildman–Crippen LogP) is 2.17. The Hall–Kier alpha value is -3.22. The Kier molecular flexibility index (Phi) is 5.29. The molecule has 3 aromatic rings. The van der Waals surface area contributed by atoms with E-state index >= 15 is 0 Å². The third-order valence-electron chi connectivity index (χ3n) is 5.59. The molecule has 0 saturated carbocycles. The van der Waals surface area contributed by atoms with Gasteiger partial charge in [-0.25, -0.2) is 9.97 Å². The first-order valence-electron chi connectivity index (χ1n) is 9.94. The van der Waals surface area contributed by atoms with Crippen LogP contribution in [0.3, 0.4) is 0 Å². The SMILES string of the molecule is C[C@H](CC(=O)N1CCN(c2nc3cccnc3n(C)c2=O)CC1)c1ccccc1. The molecule has 0 spiro atoms. The number of hydrogen-bond donors (Lipinski definition) is 0. The number of amides is 1. The number of hydrogen-bond acceptors (Lipinski definition) is 5. The third kappa shape index (κ3) is 3.85. The maximum Gasteiger partial charge on any atom is 0.294 e. The number of carbonyl (C=O) groups excluding carboxylic acids is 1. The van der Waals surface area contributed by atoms with Gasteiger partial charge in [0.1, 0.15) is 5.52 Å². The maximum atomic E-state index is 12.7. The van der Waals surface area contributed by atoms with Crippen LogP contribution in [-0.2, 0) is 11.8 Å². The number of rotatable bonds is 4. The Labute approximate surface area is 169 Å². The maximum absolute atomic E-state index is 12.7. The predicted molar refractivity (Wildman–Crippen MR) is 113 cm³/mol. The smallest absolute Gasteiger partial charge is 0.294 e. The van der Waals surface area contributed by atoms with Crippen molar-refractivity contribution in [2.45, 2.75) is 19.3 Å². The molecule has 1 saturated heterocycles. The van der Waals surface area contributed by atoms with Gasteiger partial charge in [-0.05, 0) is 23.6 Å². The molecule has 0 N–H and O–H groups in total. The van der Waals surface area contributed by atoms with Crippen LogP contribution in [0.2, 0.25) is 0 Å². The standard InChI is InChI=1S/C22H25N5O2/c1-16(17-7-4-3-5-8-17)15-19(28)26-11-13-27(14-12-26)21-22(29)25(2)20-18(24-21)9-6-10-23-20/h3-10,16H,11-15H2,1-2H3/t16-/m1/s1. The van der Waals surface area contributed by atoms with Crippen molar-refractivity contribution in [1.82, 2.24) is 19.4 Å². The van der Waals surface area contributed by atoms with Gasteiger partial charge in [0, 0.05) is 45.8 Å². The highest BCUT2D eigenvalue weighted by Crippen LogP contribution is 2.21. The van der Waals surface area contributed by atoms with Gasteiger partial charge in [-0.1, -0.05) is 37.3 Å². The molecule has 7 heteroatoms. The van der Waals surface area contributed by atoms with Gasteiger partial charge in [-0.2, -0.15) is 0 Å². The number of benzene rings is 1. The normalized spacial score (nSPS) is 15.5. The van der Waals surface area contributed by atoms with E-state index in [0.29, 0.717) is 49.6 Å². The molecule has 1 aliphatic rings. The molecule has 2 aromatic heterocycles. The summed E-state index contributed by atoms with van der Waals surface area (Å²) in [6.45, 7) is 4.46. The van der Waals surface area contributed by atoms with Gasteiger partial charge in [0.25, 0.3) is 5.56 Å². The van der Waals surface area contributed by atoms with Crippen LogP contribution < -0.4 is 10.5 Å². The van der Waals surface area contributed by atoms with Crippen LogP contribution in [0.4, 0.5) is 5.82 Å². The minimum atomic E-state index is -0.159. The van der Waals surface area contributed by atoms with Crippen molar-refractivity contribution < 1.29 is 4.79 Å². The highest BCUT2D eigenvalue weighted by atomic mass is 16.2. The quantitative estimate of drug-likeness (QED) is 0.682. The summed E-state index contributed by atoms with van der Waals surface area (Å²) in [6, 6.07) is 13.8. The van der Waals surface area contributed by atoms with Crippen molar-refractivity contribution >= 4 is 22.9 Å². The number of nitrogens with zero attached hydrogens (tertiary/aromatic N) is 5. The van der Waals surface area contributed by atoms with Crippen molar-refractivity contribution in [3.8, 4) is 0 Å². The number of carbonyl (C=O) groups is 1. The average Bonchev–Trinajstić information content (AvgIpc) is 2.77. The molecule has 1 fully saturated rings. The summed E-state index contributed by atoms with van der Waals surface area (Å²) >= 11 is 0. The molecule has 3 heterocycles. The van der Waals surface area contributed by atoms with E-state index in [4.69, 9.17) is 0 Å². The van der Waals surface area contributed by atoms with Crippen LogP contribution in [0.15, 0.2) is 53.5 Å². The summed E-state index contributed by atoms with van der Waals surface area (Å²) in [5.74, 6) is 0.769. The highest BCUT2D eigenvalue weighted by molar-refractivity contribution is 5.77. The molecule has 7 nitrogen and oxygen atoms in total. The molecule has 1 aromatic carbocycles. The Balaban J connectivity index is 1.43. The first-order valence-corrected chi connectivity index (χ1v) is 9.94. The van der Waals surface area contributed by atoms with Crippen molar-refractivity contribution in [2.24, 2.45) is 7.05 Å². The fourth-order valence-electron chi connectivity index (χ4n) is 3.81. The Morgan fingerprint density at radius 2 is 1.79 bits per heavy atom. The minimum Gasteiger partial charge on any atom is -0.348 e. The van der Waals surface area contributed by atoms with Gasteiger partial charge in [-0.3, -0.25) is 14.2 Å². The van der Waals surface area contributed by atoms with E-state index in [1.54, 1.807) is 13.2 Å². The van der Waals surface area contributed by atoms with Gasteiger partial charge < -0.3 is 9.80 Å². The van der Waals surface area contributed by atoms with Gasteiger partial charge in [0.15, 0.2) is 11.5 Å². The van der Waals surface area contributed by atoms with Gasteiger partial charge in [0.2, 0.25) is 5.91 Å². The number of pyridine rings is 1. The van der Waals surface area contributed by atoms with E-state index in [2.05, 4.69) is 29.0 Å². The molecule has 1 amide bonds. The summed E-state index contributed by atoms with van der Waals surface area (Å²) in [7, 11) is 1.72. The van der Waals surface area contributed by atoms with E-state index in [1.807, 2.05) is 40.1 Å². The van der Waals surface area contributed by atoms with Crippen molar-refractivity contribution in [3.05, 3.63) is 64.6 Å². The second-order valence-corrected chi connectivity index (χ2v) is 7.53. The molecular formula is C22H25N5O2. The average molecular weight is 391 g/mol. The summed E-state index contributed by atoms with van der Waals surface area (Å²) in [6.07, 6.45) is 2.15. The lowest BCUT2D eigenvalue weighted by molar-refractivity contribution is -0.131. The van der Waals surface area contributed by atoms with E-state index in [1.165, 1.54) is 10.1 Å². The fraction of sp³-hybridized carbons (Fsp3) is 0.364. The summed E-state index contributed by atoms with van der Waals surface area (Å²) in [5.41, 5.74) is 2.29. The van der Waals surface area contributed by atoms with Crippen molar-refractivity contribution in [1.29, 1.82) is 0 Å². The van der Waals surface area contributed by atoms with E-state index in [9.17, 15) is 9.59 Å². The largest absolute Gasteiger partial charge is 0.348 e. The van der Waals surface area contributed by atoms with Crippen LogP contribution in [0.25, 0.3) is 11.2 Å². The minimum absolute atomic E-state index is 0.157. The van der Waals surface area contributed by atoms with Crippen LogP contribution in [0.5, 0.6) is 0 Å². The summed E-state index contributed by atoms with van der Waals surface area (Å²) in [4.78, 5) is 38.1. The third-order valence-corrected chi connectivity index (χ3v) is 5.59. The zero-order valence-electron chi connectivity index (χ0n) is 16.8. The Morgan fingerprint density at radius 1 is 1.07 bits per heavy atom.